The molecular formula is C123H241F2N13. The highest BCUT2D eigenvalue weighted by atomic mass is 19.1. The number of piperidine rings is 7. The predicted octanol–water partition coefficient (Wildman–Crippen LogP) is 28.9. The lowest BCUT2D eigenvalue weighted by molar-refractivity contribution is -0.0758. The highest BCUT2D eigenvalue weighted by Crippen LogP contribution is 2.49. The summed E-state index contributed by atoms with van der Waals surface area (Å²) in [5.74, 6) is 4.21. The van der Waals surface area contributed by atoms with Crippen molar-refractivity contribution in [2.45, 2.75) is 512 Å². The molecule has 0 bridgehead atoms. The van der Waals surface area contributed by atoms with Crippen molar-refractivity contribution in [1.82, 2.24) is 63.7 Å². The Kier molecular flexibility index (Phi) is 64.4. The molecule has 812 valence electrons. The van der Waals surface area contributed by atoms with Gasteiger partial charge in [0, 0.05) is 151 Å². The number of likely N-dealkylation sites (N-methyl/N-ethyl adjacent to an activating group) is 1. The molecule has 13 nitrogen and oxygen atoms in total. The molecule has 2 aromatic carbocycles. The van der Waals surface area contributed by atoms with E-state index in [9.17, 15) is 8.78 Å². The van der Waals surface area contributed by atoms with Crippen LogP contribution in [0.2, 0.25) is 0 Å². The first-order chi connectivity index (χ1) is 64.7. The minimum Gasteiger partial charge on any atom is -0.304 e. The normalized spacial score (nSPS) is 23.3. The van der Waals surface area contributed by atoms with Crippen LogP contribution in [0.4, 0.5) is 8.78 Å². The molecule has 12 saturated heterocycles. The first kappa shape index (κ1) is 130. The number of likely N-dealkylation sites (tertiary alicyclic amines) is 11. The molecule has 138 heavy (non-hydrogen) atoms. The minimum atomic E-state index is -0.899. The molecule has 0 atom stereocenters. The molecule has 14 aliphatic rings. The van der Waals surface area contributed by atoms with Gasteiger partial charge in [-0.2, -0.15) is 0 Å². The molecule has 0 amide bonds. The van der Waals surface area contributed by atoms with Gasteiger partial charge in [0.15, 0.2) is 0 Å². The van der Waals surface area contributed by atoms with Gasteiger partial charge in [0.2, 0.25) is 0 Å². The van der Waals surface area contributed by atoms with E-state index < -0.39 is 11.3 Å². The average molecular weight is 1940 g/mol. The summed E-state index contributed by atoms with van der Waals surface area (Å²) in [5.41, 5.74) is 4.58. The number of halogens is 2. The van der Waals surface area contributed by atoms with Gasteiger partial charge in [-0.05, 0) is 471 Å². The van der Waals surface area contributed by atoms with Gasteiger partial charge in [-0.15, -0.1) is 0 Å². The third kappa shape index (κ3) is 55.2. The topological polar surface area (TPSA) is 42.1 Å². The number of nitrogens with zero attached hydrogens (tertiary/aromatic N) is 13. The molecule has 16 rings (SSSR count). The Balaban J connectivity index is 0.000000383. The summed E-state index contributed by atoms with van der Waals surface area (Å²) in [6, 6.07) is 27.9. The van der Waals surface area contributed by atoms with Gasteiger partial charge in [0.05, 0.1) is 0 Å². The molecule has 12 aliphatic heterocycles. The van der Waals surface area contributed by atoms with Crippen molar-refractivity contribution < 1.29 is 8.78 Å². The lowest BCUT2D eigenvalue weighted by Crippen LogP contribution is -2.61. The molecule has 2 saturated carbocycles. The van der Waals surface area contributed by atoms with Crippen LogP contribution in [-0.4, -0.2) is 325 Å². The third-order valence-corrected chi connectivity index (χ3v) is 33.4. The molecule has 0 N–H and O–H groups in total. The number of piperazine rings is 1. The maximum Gasteiger partial charge on any atom is 0.133 e. The summed E-state index contributed by atoms with van der Waals surface area (Å²) >= 11 is 0. The first-order valence-electron chi connectivity index (χ1n) is 58.8. The first-order valence-corrected chi connectivity index (χ1v) is 58.8. The zero-order chi connectivity index (χ0) is 104. The van der Waals surface area contributed by atoms with Crippen molar-refractivity contribution in [3.05, 3.63) is 71.3 Å². The summed E-state index contributed by atoms with van der Waals surface area (Å²) in [6.45, 7) is 113. The van der Waals surface area contributed by atoms with Crippen molar-refractivity contribution in [1.29, 1.82) is 0 Å². The molecule has 2 aliphatic carbocycles. The fourth-order valence-corrected chi connectivity index (χ4v) is 21.2. The Hall–Kier alpha value is -2.22. The fourth-order valence-electron chi connectivity index (χ4n) is 21.2. The Bertz CT molecular complexity index is 2990. The van der Waals surface area contributed by atoms with Crippen LogP contribution in [0.1, 0.15) is 438 Å². The van der Waals surface area contributed by atoms with Crippen molar-refractivity contribution in [2.75, 3.05) is 177 Å². The third-order valence-electron chi connectivity index (χ3n) is 33.4. The highest BCUT2D eigenvalue weighted by Gasteiger charge is 2.48. The SMILES string of the molecule is CC(C)N1CC(C)(F)C1.CC(C)N1CC2(CCC2)C1.CC(C)N1CC2(CCCCC2)C1.CC(C)N1CCC(C)(C)CC1.CC(C)N1CCC(C)(F)CC1.CC(C)N1CCCC1.CC(C)N1CCCCC1.CC(C)N1CCCCC1.CC(C)N1CCN(C)CC1.CC(C)c1ccccc1.CC1CCN(C(C)C)CC1.CC1CCN(C(C)C)CC1.CC1CCN(C(C)C)CC1.Cc1ccc(C(C)C)cc1. The smallest absolute Gasteiger partial charge is 0.133 e. The minimum absolute atomic E-state index is 0.508. The van der Waals surface area contributed by atoms with Crippen molar-refractivity contribution in [3.63, 3.8) is 0 Å². The molecule has 15 heteroatoms. The van der Waals surface area contributed by atoms with Crippen LogP contribution in [0.15, 0.2) is 54.6 Å². The lowest BCUT2D eigenvalue weighted by Gasteiger charge is -2.57. The maximum atomic E-state index is 13.3. The zero-order valence-electron chi connectivity index (χ0n) is 99.4. The Morgan fingerprint density at radius 3 is 0.703 bits per heavy atom. The number of hydrogen-bond acceptors (Lipinski definition) is 13. The maximum absolute atomic E-state index is 13.3. The molecule has 0 radical (unpaired) electrons. The van der Waals surface area contributed by atoms with Crippen LogP contribution >= 0.6 is 0 Å². The van der Waals surface area contributed by atoms with Gasteiger partial charge in [0.1, 0.15) is 11.3 Å². The second-order valence-corrected chi connectivity index (χ2v) is 51.4. The summed E-state index contributed by atoms with van der Waals surface area (Å²) in [7, 11) is 2.19. The van der Waals surface area contributed by atoms with Gasteiger partial charge < -0.3 is 44.1 Å². The van der Waals surface area contributed by atoms with Crippen molar-refractivity contribution in [2.24, 2.45) is 34.0 Å². The average Bonchev–Trinajstić information content (AvgIpc) is 0.781. The van der Waals surface area contributed by atoms with Crippen LogP contribution < -0.4 is 0 Å². The van der Waals surface area contributed by atoms with E-state index in [1.807, 2.05) is 6.07 Å². The van der Waals surface area contributed by atoms with Gasteiger partial charge in [-0.1, -0.05) is 161 Å². The second-order valence-electron chi connectivity index (χ2n) is 51.4. The van der Waals surface area contributed by atoms with Crippen LogP contribution in [0.5, 0.6) is 0 Å². The van der Waals surface area contributed by atoms with E-state index >= 15 is 0 Å². The van der Waals surface area contributed by atoms with Crippen LogP contribution in [-0.2, 0) is 0 Å². The Morgan fingerprint density at radius 2 is 0.464 bits per heavy atom. The van der Waals surface area contributed by atoms with E-state index in [4.69, 9.17) is 0 Å². The van der Waals surface area contributed by atoms with E-state index in [2.05, 4.69) is 355 Å². The number of hydrogen-bond donors (Lipinski definition) is 0. The summed E-state index contributed by atoms with van der Waals surface area (Å²) in [6.07, 6.45) is 35.9. The highest BCUT2D eigenvalue weighted by molar-refractivity contribution is 5.23. The fraction of sp³-hybridized carbons (Fsp3) is 0.902. The Labute approximate surface area is 861 Å². The lowest BCUT2D eigenvalue weighted by atomic mass is 9.63. The summed E-state index contributed by atoms with van der Waals surface area (Å²) < 4.78 is 26.1. The van der Waals surface area contributed by atoms with Crippen molar-refractivity contribution >= 4 is 0 Å². The van der Waals surface area contributed by atoms with E-state index in [0.29, 0.717) is 55.3 Å². The van der Waals surface area contributed by atoms with Gasteiger partial charge in [-0.25, -0.2) is 8.78 Å². The van der Waals surface area contributed by atoms with Crippen LogP contribution in [0.25, 0.3) is 0 Å². The van der Waals surface area contributed by atoms with Crippen molar-refractivity contribution in [3.8, 4) is 0 Å². The van der Waals surface area contributed by atoms with Crippen LogP contribution in [0, 0.1) is 40.9 Å². The quantitative estimate of drug-likeness (QED) is 0.181. The standard InChI is InChI=1S/C11H21N.C10H21N.C10H14.C9H18FN.C9H17N.3C9H19N.C9H12.C8H18N2.2C8H17N.C7H14FN.C7H15N/c1-10(2)12-8-11(9-12)6-4-3-5-7-11;1-9(2)11-7-5-10(3,4)6-8-11;1-8(2)10-6-4-9(3)5-7-10;1-8(2)11-6-4-9(3,10)5-7-11;1-8(2)10-6-9(7-10)4-3-5-9;3*1-8(2)10-6-4-9(3)5-7-10;1-8(2)9-6-4-3-5-7-9;1-8(2)10-6-4-9(3)5-7-10;2*1-8(2)9-6-4-3-5-7-9;1-6(2)9-4-7(3,8)5-9;1-7(2)8-5-3-4-6-8/h10H,3-9H2,1-2H3;9H,5-8H2,1-4H3;4-8H,1-3H3;8H,4-7H2,1-3H3;8H,3-7H2,1-2H3;3*8-9H,4-7H2,1-3H3;3-8H,1-2H3;8H,4-7H2,1-3H3;2*8H,3-7H2,1-2H3;6H,4-5H2,1-3H3;7H,3-6H2,1-2H3. The monoisotopic (exact) mass is 1940 g/mol. The Morgan fingerprint density at radius 1 is 0.232 bits per heavy atom. The second kappa shape index (κ2) is 68.4. The molecule has 2 aromatic rings. The molecular weight excluding hydrogens is 1700 g/mol. The predicted molar refractivity (Wildman–Crippen MR) is 609 cm³/mol. The van der Waals surface area contributed by atoms with Crippen LogP contribution in [0.3, 0.4) is 0 Å². The zero-order valence-corrected chi connectivity index (χ0v) is 99.4. The van der Waals surface area contributed by atoms with E-state index in [1.54, 1.807) is 13.8 Å². The molecule has 2 spiro atoms. The number of aryl methyl sites for hydroxylation is 1. The van der Waals surface area contributed by atoms with E-state index in [1.165, 1.54) is 315 Å². The number of benzene rings is 2. The molecule has 14 fully saturated rings. The van der Waals surface area contributed by atoms with Gasteiger partial charge in [0.25, 0.3) is 0 Å². The largest absolute Gasteiger partial charge is 0.304 e. The van der Waals surface area contributed by atoms with E-state index in [0.717, 1.165) is 102 Å². The number of rotatable bonds is 14. The summed E-state index contributed by atoms with van der Waals surface area (Å²) in [4.78, 5) is 32.5. The molecule has 12 heterocycles. The van der Waals surface area contributed by atoms with Gasteiger partial charge in [-0.3, -0.25) is 19.6 Å². The number of alkyl halides is 2. The van der Waals surface area contributed by atoms with Gasteiger partial charge >= 0.3 is 0 Å². The molecule has 0 unspecified atom stereocenters. The summed E-state index contributed by atoms with van der Waals surface area (Å²) in [5, 5.41) is 0. The molecule has 0 aromatic heterocycles. The van der Waals surface area contributed by atoms with E-state index in [-0.39, 0.29) is 0 Å².